The molecule has 4 rings (SSSR count). The van der Waals surface area contributed by atoms with Crippen LogP contribution in [0.25, 0.3) is 17.4 Å². The molecule has 0 spiro atoms. The first-order valence-electron chi connectivity index (χ1n) is 9.36. The molecule has 0 atom stereocenters. The summed E-state index contributed by atoms with van der Waals surface area (Å²) in [4.78, 5) is 49.5. The van der Waals surface area contributed by atoms with Gasteiger partial charge in [-0.3, -0.25) is 14.9 Å². The van der Waals surface area contributed by atoms with Crippen LogP contribution in [-0.2, 0) is 9.59 Å². The molecule has 0 radical (unpaired) electrons. The minimum atomic E-state index is -1.03. The number of carbonyl (C=O) groups is 4. The molecule has 9 heteroatoms. The van der Waals surface area contributed by atoms with E-state index in [1.165, 1.54) is 18.2 Å². The van der Waals surface area contributed by atoms with E-state index in [0.717, 1.165) is 9.37 Å². The summed E-state index contributed by atoms with van der Waals surface area (Å²) in [6.07, 6.45) is 1.26. The van der Waals surface area contributed by atoms with Gasteiger partial charge in [-0.25, -0.2) is 14.5 Å². The second-order valence-electron chi connectivity index (χ2n) is 6.97. The van der Waals surface area contributed by atoms with Crippen LogP contribution in [0.3, 0.4) is 0 Å². The van der Waals surface area contributed by atoms with E-state index in [0.29, 0.717) is 22.6 Å². The van der Waals surface area contributed by atoms with Gasteiger partial charge in [0.2, 0.25) is 0 Å². The van der Waals surface area contributed by atoms with Gasteiger partial charge in [0.25, 0.3) is 11.8 Å². The molecule has 1 aromatic heterocycles. The Morgan fingerprint density at radius 1 is 1.06 bits per heavy atom. The van der Waals surface area contributed by atoms with Gasteiger partial charge in [-0.1, -0.05) is 22.0 Å². The smallest absolute Gasteiger partial charge is 0.335 e. The fourth-order valence-electron chi connectivity index (χ4n) is 3.27. The molecular weight excluding hydrogens is 480 g/mol. The van der Waals surface area contributed by atoms with Crippen molar-refractivity contribution < 1.29 is 28.7 Å². The van der Waals surface area contributed by atoms with E-state index < -0.39 is 23.8 Å². The number of imide groups is 2. The number of urea groups is 1. The van der Waals surface area contributed by atoms with Crippen LogP contribution in [0.4, 0.5) is 10.5 Å². The number of amides is 4. The van der Waals surface area contributed by atoms with E-state index in [9.17, 15) is 19.2 Å². The van der Waals surface area contributed by atoms with Crippen LogP contribution in [0.15, 0.2) is 69.1 Å². The summed E-state index contributed by atoms with van der Waals surface area (Å²) in [5, 5.41) is 11.3. The minimum Gasteiger partial charge on any atom is -0.478 e. The number of carboxylic acid groups (broad SMARTS) is 1. The maximum atomic E-state index is 12.9. The van der Waals surface area contributed by atoms with Crippen molar-refractivity contribution in [1.29, 1.82) is 0 Å². The maximum Gasteiger partial charge on any atom is 0.335 e. The summed E-state index contributed by atoms with van der Waals surface area (Å²) < 4.78 is 6.54. The Morgan fingerprint density at radius 3 is 2.44 bits per heavy atom. The van der Waals surface area contributed by atoms with Crippen molar-refractivity contribution in [2.24, 2.45) is 0 Å². The predicted octanol–water partition coefficient (Wildman–Crippen LogP) is 4.38. The lowest BCUT2D eigenvalue weighted by molar-refractivity contribution is -0.122. The molecule has 160 valence electrons. The predicted molar refractivity (Wildman–Crippen MR) is 119 cm³/mol. The van der Waals surface area contributed by atoms with Crippen LogP contribution in [-0.4, -0.2) is 28.9 Å². The number of rotatable bonds is 4. The average molecular weight is 495 g/mol. The number of aryl methyl sites for hydroxylation is 1. The van der Waals surface area contributed by atoms with Gasteiger partial charge < -0.3 is 9.52 Å². The van der Waals surface area contributed by atoms with Crippen LogP contribution in [0, 0.1) is 6.92 Å². The first-order valence-corrected chi connectivity index (χ1v) is 10.1. The second kappa shape index (κ2) is 8.27. The Hall–Kier alpha value is -3.98. The molecule has 2 N–H and O–H groups in total. The van der Waals surface area contributed by atoms with Crippen molar-refractivity contribution in [2.45, 2.75) is 6.92 Å². The average Bonchev–Trinajstić information content (AvgIpc) is 3.20. The number of nitrogens with zero attached hydrogens (tertiary/aromatic N) is 1. The zero-order chi connectivity index (χ0) is 23.0. The molecule has 0 saturated carbocycles. The molecule has 0 unspecified atom stereocenters. The molecule has 8 nitrogen and oxygen atoms in total. The Labute approximate surface area is 190 Å². The number of benzene rings is 2. The number of hydrogen-bond donors (Lipinski definition) is 2. The summed E-state index contributed by atoms with van der Waals surface area (Å²) in [7, 11) is 0. The van der Waals surface area contributed by atoms with Crippen LogP contribution >= 0.6 is 15.9 Å². The lowest BCUT2D eigenvalue weighted by atomic mass is 10.0. The van der Waals surface area contributed by atoms with Crippen LogP contribution in [0.2, 0.25) is 0 Å². The van der Waals surface area contributed by atoms with Crippen molar-refractivity contribution >= 4 is 51.5 Å². The number of carboxylic acids is 1. The summed E-state index contributed by atoms with van der Waals surface area (Å²) in [6, 6.07) is 13.5. The normalized spacial score (nSPS) is 15.2. The largest absolute Gasteiger partial charge is 0.478 e. The Kier molecular flexibility index (Phi) is 5.50. The SMILES string of the molecule is Cc1cc(C(=O)O)ccc1-c1ccc(C=C2C(=O)NC(=O)N(c3ccc(Br)cc3)C2=O)o1. The Bertz CT molecular complexity index is 1310. The molecule has 1 aliphatic rings. The first kappa shape index (κ1) is 21.3. The number of furan rings is 1. The van der Waals surface area contributed by atoms with Gasteiger partial charge in [0.15, 0.2) is 0 Å². The zero-order valence-electron chi connectivity index (χ0n) is 16.6. The highest BCUT2D eigenvalue weighted by atomic mass is 79.9. The Morgan fingerprint density at radius 2 is 1.78 bits per heavy atom. The van der Waals surface area contributed by atoms with Crippen molar-refractivity contribution in [3.63, 3.8) is 0 Å². The van der Waals surface area contributed by atoms with E-state index in [4.69, 9.17) is 9.52 Å². The maximum absolute atomic E-state index is 12.9. The monoisotopic (exact) mass is 494 g/mol. The van der Waals surface area contributed by atoms with Gasteiger partial charge >= 0.3 is 12.0 Å². The fraction of sp³-hybridized carbons (Fsp3) is 0.0435. The fourth-order valence-corrected chi connectivity index (χ4v) is 3.54. The van der Waals surface area contributed by atoms with Gasteiger partial charge in [0.1, 0.15) is 17.1 Å². The topological polar surface area (TPSA) is 117 Å². The molecular formula is C23H15BrN2O6. The number of carbonyl (C=O) groups excluding carboxylic acids is 3. The molecule has 2 aromatic carbocycles. The molecule has 0 aliphatic carbocycles. The third-order valence-corrected chi connectivity index (χ3v) is 5.37. The van der Waals surface area contributed by atoms with Crippen LogP contribution in [0.5, 0.6) is 0 Å². The first-order chi connectivity index (χ1) is 15.2. The summed E-state index contributed by atoms with van der Waals surface area (Å²) in [5.41, 5.74) is 1.57. The molecule has 3 aromatic rings. The lowest BCUT2D eigenvalue weighted by Gasteiger charge is -2.26. The van der Waals surface area contributed by atoms with Crippen molar-refractivity contribution in [3.05, 3.63) is 81.5 Å². The molecule has 1 saturated heterocycles. The Balaban J connectivity index is 1.66. The van der Waals surface area contributed by atoms with Gasteiger partial charge in [-0.05, 0) is 67.1 Å². The van der Waals surface area contributed by atoms with Crippen molar-refractivity contribution in [2.75, 3.05) is 4.90 Å². The van der Waals surface area contributed by atoms with E-state index in [2.05, 4.69) is 21.2 Å². The molecule has 1 fully saturated rings. The highest BCUT2D eigenvalue weighted by molar-refractivity contribution is 9.10. The van der Waals surface area contributed by atoms with Gasteiger partial charge in [0, 0.05) is 10.0 Å². The quantitative estimate of drug-likeness (QED) is 0.410. The number of nitrogens with one attached hydrogen (secondary N) is 1. The minimum absolute atomic E-state index is 0.155. The summed E-state index contributed by atoms with van der Waals surface area (Å²) in [6.45, 7) is 1.75. The highest BCUT2D eigenvalue weighted by Gasteiger charge is 2.37. The molecule has 2 heterocycles. The zero-order valence-corrected chi connectivity index (χ0v) is 18.2. The standard InChI is InChI=1S/C23H15BrN2O6/c1-12-10-13(22(29)30)2-8-17(12)19-9-7-16(32-19)11-18-20(27)25-23(31)26(21(18)28)15-5-3-14(24)4-6-15/h2-11H,1H3,(H,29,30)(H,25,27,31). The second-order valence-corrected chi connectivity index (χ2v) is 7.89. The van der Waals surface area contributed by atoms with Gasteiger partial charge in [-0.15, -0.1) is 0 Å². The number of barbiturate groups is 1. The van der Waals surface area contributed by atoms with Crippen molar-refractivity contribution in [3.8, 4) is 11.3 Å². The lowest BCUT2D eigenvalue weighted by Crippen LogP contribution is -2.54. The number of aromatic carboxylic acids is 1. The third-order valence-electron chi connectivity index (χ3n) is 4.84. The van der Waals surface area contributed by atoms with Crippen molar-refractivity contribution in [1.82, 2.24) is 5.32 Å². The van der Waals surface area contributed by atoms with E-state index in [1.54, 1.807) is 49.4 Å². The molecule has 1 aliphatic heterocycles. The van der Waals surface area contributed by atoms with Crippen LogP contribution < -0.4 is 10.2 Å². The van der Waals surface area contributed by atoms with E-state index in [-0.39, 0.29) is 16.9 Å². The van der Waals surface area contributed by atoms with E-state index in [1.807, 2.05) is 0 Å². The summed E-state index contributed by atoms with van der Waals surface area (Å²) >= 11 is 3.29. The van der Waals surface area contributed by atoms with E-state index >= 15 is 0 Å². The van der Waals surface area contributed by atoms with Gasteiger partial charge in [-0.2, -0.15) is 0 Å². The van der Waals surface area contributed by atoms with Gasteiger partial charge in [0.05, 0.1) is 11.3 Å². The highest BCUT2D eigenvalue weighted by Crippen LogP contribution is 2.28. The molecule has 32 heavy (non-hydrogen) atoms. The number of anilines is 1. The summed E-state index contributed by atoms with van der Waals surface area (Å²) in [5.74, 6) is -1.97. The number of halogens is 1. The number of hydrogen-bond acceptors (Lipinski definition) is 5. The third kappa shape index (κ3) is 3.97. The molecule has 0 bridgehead atoms. The van der Waals surface area contributed by atoms with Crippen LogP contribution in [0.1, 0.15) is 21.7 Å². The molecule has 4 amide bonds.